The minimum atomic E-state index is 0.164. The SMILES string of the molecule is Cc1cc(C)n(Cc2cccc(C(=O)N3CCC(CCN4CCOCC4)CC3)c2)n1. The third-order valence-electron chi connectivity index (χ3n) is 6.47. The van der Waals surface area contributed by atoms with E-state index in [4.69, 9.17) is 4.74 Å². The van der Waals surface area contributed by atoms with Crippen LogP contribution in [0.25, 0.3) is 0 Å². The molecule has 0 atom stereocenters. The molecule has 0 spiro atoms. The number of amides is 1. The molecule has 2 aromatic rings. The van der Waals surface area contributed by atoms with Crippen LogP contribution in [0.1, 0.15) is 46.6 Å². The standard InChI is InChI=1S/C24H34N4O2/c1-19-16-20(2)28(25-19)18-22-4-3-5-23(17-22)24(29)27-10-7-21(8-11-27)6-9-26-12-14-30-15-13-26/h3-5,16-17,21H,6-15,18H2,1-2H3. The van der Waals surface area contributed by atoms with Crippen LogP contribution in [0.2, 0.25) is 0 Å². The zero-order valence-electron chi connectivity index (χ0n) is 18.3. The molecule has 6 heteroatoms. The molecule has 1 aromatic carbocycles. The van der Waals surface area contributed by atoms with Crippen molar-refractivity contribution in [3.05, 3.63) is 52.8 Å². The predicted molar refractivity (Wildman–Crippen MR) is 118 cm³/mol. The minimum Gasteiger partial charge on any atom is -0.379 e. The Kier molecular flexibility index (Phi) is 6.85. The Morgan fingerprint density at radius 2 is 1.87 bits per heavy atom. The Morgan fingerprint density at radius 1 is 1.10 bits per heavy atom. The van der Waals surface area contributed by atoms with E-state index in [0.717, 1.165) is 87.2 Å². The molecule has 2 aliphatic rings. The van der Waals surface area contributed by atoms with Gasteiger partial charge in [-0.05, 0) is 69.3 Å². The van der Waals surface area contributed by atoms with E-state index in [0.29, 0.717) is 6.54 Å². The summed E-state index contributed by atoms with van der Waals surface area (Å²) in [6.45, 7) is 11.5. The maximum atomic E-state index is 13.1. The number of aromatic nitrogens is 2. The molecule has 1 aromatic heterocycles. The van der Waals surface area contributed by atoms with E-state index >= 15 is 0 Å². The Morgan fingerprint density at radius 3 is 2.57 bits per heavy atom. The van der Waals surface area contributed by atoms with Crippen LogP contribution >= 0.6 is 0 Å². The van der Waals surface area contributed by atoms with Crippen LogP contribution < -0.4 is 0 Å². The fourth-order valence-corrected chi connectivity index (χ4v) is 4.61. The summed E-state index contributed by atoms with van der Waals surface area (Å²) in [6.07, 6.45) is 3.46. The van der Waals surface area contributed by atoms with Gasteiger partial charge in [-0.25, -0.2) is 0 Å². The van der Waals surface area contributed by atoms with Crippen molar-refractivity contribution < 1.29 is 9.53 Å². The van der Waals surface area contributed by atoms with E-state index in [2.05, 4.69) is 29.1 Å². The molecule has 6 nitrogen and oxygen atoms in total. The number of aryl methyl sites for hydroxylation is 2. The van der Waals surface area contributed by atoms with Crippen molar-refractivity contribution in [2.45, 2.75) is 39.7 Å². The van der Waals surface area contributed by atoms with Crippen molar-refractivity contribution in [2.75, 3.05) is 45.9 Å². The van der Waals surface area contributed by atoms with Crippen LogP contribution in [-0.2, 0) is 11.3 Å². The monoisotopic (exact) mass is 410 g/mol. The number of morpholine rings is 1. The van der Waals surface area contributed by atoms with Gasteiger partial charge in [0.1, 0.15) is 0 Å². The number of carbonyl (C=O) groups excluding carboxylic acids is 1. The average Bonchev–Trinajstić information content (AvgIpc) is 3.09. The van der Waals surface area contributed by atoms with Crippen molar-refractivity contribution in [2.24, 2.45) is 5.92 Å². The highest BCUT2D eigenvalue weighted by atomic mass is 16.5. The largest absolute Gasteiger partial charge is 0.379 e. The molecule has 2 saturated heterocycles. The number of hydrogen-bond donors (Lipinski definition) is 0. The lowest BCUT2D eigenvalue weighted by Gasteiger charge is -2.34. The van der Waals surface area contributed by atoms with Gasteiger partial charge in [0.15, 0.2) is 0 Å². The maximum Gasteiger partial charge on any atom is 0.253 e. The molecule has 2 aliphatic heterocycles. The molecule has 0 unspecified atom stereocenters. The molecule has 0 N–H and O–H groups in total. The molecule has 0 bridgehead atoms. The van der Waals surface area contributed by atoms with E-state index < -0.39 is 0 Å². The Labute approximate surface area is 179 Å². The van der Waals surface area contributed by atoms with E-state index in [1.165, 1.54) is 6.42 Å². The first-order chi connectivity index (χ1) is 14.6. The zero-order chi connectivity index (χ0) is 20.9. The molecule has 1 amide bonds. The Bertz CT molecular complexity index is 849. The fraction of sp³-hybridized carbons (Fsp3) is 0.583. The summed E-state index contributed by atoms with van der Waals surface area (Å²) in [4.78, 5) is 17.6. The van der Waals surface area contributed by atoms with Crippen molar-refractivity contribution >= 4 is 5.91 Å². The van der Waals surface area contributed by atoms with E-state index in [-0.39, 0.29) is 5.91 Å². The predicted octanol–water partition coefficient (Wildman–Crippen LogP) is 3.12. The number of piperidine rings is 1. The molecule has 3 heterocycles. The summed E-state index contributed by atoms with van der Waals surface area (Å²) < 4.78 is 7.43. The summed E-state index contributed by atoms with van der Waals surface area (Å²) in [6, 6.07) is 10.1. The third-order valence-corrected chi connectivity index (χ3v) is 6.47. The van der Waals surface area contributed by atoms with E-state index in [1.807, 2.05) is 34.7 Å². The minimum absolute atomic E-state index is 0.164. The van der Waals surface area contributed by atoms with Gasteiger partial charge < -0.3 is 9.64 Å². The Balaban J connectivity index is 1.29. The molecule has 0 radical (unpaired) electrons. The molecular formula is C24H34N4O2. The highest BCUT2D eigenvalue weighted by Crippen LogP contribution is 2.23. The van der Waals surface area contributed by atoms with Crippen molar-refractivity contribution in [1.29, 1.82) is 0 Å². The van der Waals surface area contributed by atoms with Gasteiger partial charge in [-0.15, -0.1) is 0 Å². The van der Waals surface area contributed by atoms with Crippen LogP contribution in [0.4, 0.5) is 0 Å². The van der Waals surface area contributed by atoms with Crippen LogP contribution in [0.15, 0.2) is 30.3 Å². The first-order valence-corrected chi connectivity index (χ1v) is 11.3. The second-order valence-corrected chi connectivity index (χ2v) is 8.76. The molecular weight excluding hydrogens is 376 g/mol. The second kappa shape index (κ2) is 9.75. The number of rotatable bonds is 6. The lowest BCUT2D eigenvalue weighted by Crippen LogP contribution is -2.40. The summed E-state index contributed by atoms with van der Waals surface area (Å²) in [5, 5.41) is 4.54. The summed E-state index contributed by atoms with van der Waals surface area (Å²) >= 11 is 0. The van der Waals surface area contributed by atoms with Gasteiger partial charge in [0.2, 0.25) is 0 Å². The van der Waals surface area contributed by atoms with Crippen molar-refractivity contribution in [3.63, 3.8) is 0 Å². The van der Waals surface area contributed by atoms with Gasteiger partial charge >= 0.3 is 0 Å². The molecule has 2 fully saturated rings. The molecule has 162 valence electrons. The smallest absolute Gasteiger partial charge is 0.253 e. The Hall–Kier alpha value is -2.18. The second-order valence-electron chi connectivity index (χ2n) is 8.76. The maximum absolute atomic E-state index is 13.1. The molecule has 30 heavy (non-hydrogen) atoms. The number of hydrogen-bond acceptors (Lipinski definition) is 4. The quantitative estimate of drug-likeness (QED) is 0.734. The summed E-state index contributed by atoms with van der Waals surface area (Å²) in [5.41, 5.74) is 4.08. The highest BCUT2D eigenvalue weighted by Gasteiger charge is 2.24. The van der Waals surface area contributed by atoms with Crippen LogP contribution in [-0.4, -0.2) is 71.4 Å². The third kappa shape index (κ3) is 5.29. The zero-order valence-corrected chi connectivity index (χ0v) is 18.3. The van der Waals surface area contributed by atoms with Gasteiger partial charge in [0, 0.05) is 37.4 Å². The van der Waals surface area contributed by atoms with Gasteiger partial charge in [0.25, 0.3) is 5.91 Å². The van der Waals surface area contributed by atoms with Crippen LogP contribution in [0, 0.1) is 19.8 Å². The molecule has 4 rings (SSSR count). The van der Waals surface area contributed by atoms with Gasteiger partial charge in [-0.1, -0.05) is 12.1 Å². The first kappa shape index (κ1) is 21.1. The van der Waals surface area contributed by atoms with Gasteiger partial charge in [0.05, 0.1) is 25.5 Å². The lowest BCUT2D eigenvalue weighted by molar-refractivity contribution is 0.0332. The number of likely N-dealkylation sites (tertiary alicyclic amines) is 1. The van der Waals surface area contributed by atoms with Crippen LogP contribution in [0.3, 0.4) is 0 Å². The fourth-order valence-electron chi connectivity index (χ4n) is 4.61. The number of carbonyl (C=O) groups is 1. The number of nitrogens with zero attached hydrogens (tertiary/aromatic N) is 4. The van der Waals surface area contributed by atoms with E-state index in [9.17, 15) is 4.79 Å². The lowest BCUT2D eigenvalue weighted by atomic mass is 9.93. The highest BCUT2D eigenvalue weighted by molar-refractivity contribution is 5.94. The van der Waals surface area contributed by atoms with Gasteiger partial charge in [-0.3, -0.25) is 14.4 Å². The van der Waals surface area contributed by atoms with Crippen LogP contribution in [0.5, 0.6) is 0 Å². The summed E-state index contributed by atoms with van der Waals surface area (Å²) in [7, 11) is 0. The average molecular weight is 411 g/mol. The van der Waals surface area contributed by atoms with E-state index in [1.54, 1.807) is 0 Å². The summed E-state index contributed by atoms with van der Waals surface area (Å²) in [5.74, 6) is 0.895. The normalized spacial score (nSPS) is 18.7. The first-order valence-electron chi connectivity index (χ1n) is 11.3. The number of benzene rings is 1. The van der Waals surface area contributed by atoms with Gasteiger partial charge in [-0.2, -0.15) is 5.10 Å². The van der Waals surface area contributed by atoms with Crippen molar-refractivity contribution in [1.82, 2.24) is 19.6 Å². The van der Waals surface area contributed by atoms with Crippen molar-refractivity contribution in [3.8, 4) is 0 Å². The number of ether oxygens (including phenoxy) is 1. The molecule has 0 saturated carbocycles. The molecule has 0 aliphatic carbocycles. The topological polar surface area (TPSA) is 50.6 Å².